The van der Waals surface area contributed by atoms with Gasteiger partial charge >= 0.3 is 0 Å². The molecule has 1 atom stereocenters. The highest BCUT2D eigenvalue weighted by atomic mass is 16.1. The van der Waals surface area contributed by atoms with E-state index in [4.69, 9.17) is 0 Å². The Hall–Kier alpha value is -2.40. The standard InChI is InChI=1S/C18H17NO/c1-14(20)16-9-11-17(12-10-16)18(13-19)8-7-15-5-3-2-4-6-15/h2-6,9-12,18H,7-8H2,1H3. The average molecular weight is 263 g/mol. The summed E-state index contributed by atoms with van der Waals surface area (Å²) in [7, 11) is 0. The Morgan fingerprint density at radius 1 is 1.10 bits per heavy atom. The summed E-state index contributed by atoms with van der Waals surface area (Å²) in [5.41, 5.74) is 2.91. The van der Waals surface area contributed by atoms with Gasteiger partial charge in [0, 0.05) is 5.56 Å². The lowest BCUT2D eigenvalue weighted by Crippen LogP contribution is -2.00. The zero-order valence-electron chi connectivity index (χ0n) is 11.5. The fourth-order valence-corrected chi connectivity index (χ4v) is 2.21. The van der Waals surface area contributed by atoms with Gasteiger partial charge < -0.3 is 0 Å². The van der Waals surface area contributed by atoms with Gasteiger partial charge in [-0.05, 0) is 30.9 Å². The first-order valence-electron chi connectivity index (χ1n) is 6.75. The van der Waals surface area contributed by atoms with Crippen LogP contribution in [-0.2, 0) is 6.42 Å². The molecule has 0 aliphatic heterocycles. The summed E-state index contributed by atoms with van der Waals surface area (Å²) in [5, 5.41) is 9.32. The van der Waals surface area contributed by atoms with E-state index >= 15 is 0 Å². The number of carbonyl (C=O) groups excluding carboxylic acids is 1. The topological polar surface area (TPSA) is 40.9 Å². The van der Waals surface area contributed by atoms with Crippen molar-refractivity contribution in [3.63, 3.8) is 0 Å². The fourth-order valence-electron chi connectivity index (χ4n) is 2.21. The van der Waals surface area contributed by atoms with Crippen LogP contribution >= 0.6 is 0 Å². The third kappa shape index (κ3) is 3.55. The molecule has 0 radical (unpaired) electrons. The molecule has 2 heteroatoms. The van der Waals surface area contributed by atoms with E-state index in [2.05, 4.69) is 18.2 Å². The Morgan fingerprint density at radius 3 is 2.30 bits per heavy atom. The predicted octanol–water partition coefficient (Wildman–Crippen LogP) is 4.13. The van der Waals surface area contributed by atoms with E-state index in [0.29, 0.717) is 5.56 Å². The van der Waals surface area contributed by atoms with Crippen LogP contribution in [0.3, 0.4) is 0 Å². The van der Waals surface area contributed by atoms with Crippen LogP contribution < -0.4 is 0 Å². The Labute approximate surface area is 119 Å². The third-order valence-corrected chi connectivity index (χ3v) is 3.44. The van der Waals surface area contributed by atoms with Crippen molar-refractivity contribution in [2.45, 2.75) is 25.7 Å². The van der Waals surface area contributed by atoms with Crippen molar-refractivity contribution in [3.8, 4) is 6.07 Å². The molecule has 0 spiro atoms. The van der Waals surface area contributed by atoms with Crippen molar-refractivity contribution in [1.29, 1.82) is 5.26 Å². The molecule has 0 bridgehead atoms. The van der Waals surface area contributed by atoms with Crippen molar-refractivity contribution in [2.75, 3.05) is 0 Å². The van der Waals surface area contributed by atoms with Gasteiger partial charge in [-0.25, -0.2) is 0 Å². The second-order valence-electron chi connectivity index (χ2n) is 4.88. The molecule has 2 aromatic carbocycles. The van der Waals surface area contributed by atoms with Crippen LogP contribution in [0.5, 0.6) is 0 Å². The number of Topliss-reactive ketones (excluding diaryl/α,β-unsaturated/α-hetero) is 1. The lowest BCUT2D eigenvalue weighted by atomic mass is 9.92. The van der Waals surface area contributed by atoms with Gasteiger partial charge in [-0.1, -0.05) is 54.6 Å². The molecule has 0 aliphatic rings. The van der Waals surface area contributed by atoms with Crippen LogP contribution in [0, 0.1) is 11.3 Å². The maximum atomic E-state index is 11.2. The highest BCUT2D eigenvalue weighted by Crippen LogP contribution is 2.21. The molecule has 20 heavy (non-hydrogen) atoms. The first kappa shape index (κ1) is 14.0. The molecule has 1 unspecified atom stereocenters. The summed E-state index contributed by atoms with van der Waals surface area (Å²) in [6, 6.07) is 19.9. The minimum atomic E-state index is -0.129. The van der Waals surface area contributed by atoms with Crippen LogP contribution in [0.15, 0.2) is 54.6 Å². The van der Waals surface area contributed by atoms with Gasteiger partial charge in [-0.3, -0.25) is 4.79 Å². The van der Waals surface area contributed by atoms with Gasteiger partial charge in [-0.2, -0.15) is 5.26 Å². The van der Waals surface area contributed by atoms with E-state index in [1.54, 1.807) is 19.1 Å². The van der Waals surface area contributed by atoms with Crippen LogP contribution in [0.2, 0.25) is 0 Å². The lowest BCUT2D eigenvalue weighted by molar-refractivity contribution is 0.101. The summed E-state index contributed by atoms with van der Waals surface area (Å²) >= 11 is 0. The van der Waals surface area contributed by atoms with Crippen molar-refractivity contribution in [3.05, 3.63) is 71.3 Å². The third-order valence-electron chi connectivity index (χ3n) is 3.44. The molecule has 2 rings (SSSR count). The number of nitriles is 1. The number of rotatable bonds is 5. The second kappa shape index (κ2) is 6.68. The molecular weight excluding hydrogens is 246 g/mol. The van der Waals surface area contributed by atoms with Crippen LogP contribution in [0.25, 0.3) is 0 Å². The summed E-state index contributed by atoms with van der Waals surface area (Å²) in [6.07, 6.45) is 1.67. The smallest absolute Gasteiger partial charge is 0.159 e. The summed E-state index contributed by atoms with van der Waals surface area (Å²) in [4.78, 5) is 11.2. The minimum Gasteiger partial charge on any atom is -0.295 e. The number of ketones is 1. The van der Waals surface area contributed by atoms with Crippen LogP contribution in [-0.4, -0.2) is 5.78 Å². The van der Waals surface area contributed by atoms with Gasteiger partial charge in [0.25, 0.3) is 0 Å². The number of hydrogen-bond donors (Lipinski definition) is 0. The summed E-state index contributed by atoms with van der Waals surface area (Å²) < 4.78 is 0. The number of hydrogen-bond acceptors (Lipinski definition) is 2. The van der Waals surface area contributed by atoms with E-state index in [-0.39, 0.29) is 11.7 Å². The SMILES string of the molecule is CC(=O)c1ccc(C(C#N)CCc2ccccc2)cc1. The van der Waals surface area contributed by atoms with Crippen molar-refractivity contribution < 1.29 is 4.79 Å². The van der Waals surface area contributed by atoms with Crippen LogP contribution in [0.1, 0.15) is 40.7 Å². The van der Waals surface area contributed by atoms with E-state index in [9.17, 15) is 10.1 Å². The monoisotopic (exact) mass is 263 g/mol. The Balaban J connectivity index is 2.05. The van der Waals surface area contributed by atoms with Gasteiger partial charge in [0.05, 0.1) is 12.0 Å². The highest BCUT2D eigenvalue weighted by molar-refractivity contribution is 5.94. The number of aryl methyl sites for hydroxylation is 1. The Bertz CT molecular complexity index is 608. The predicted molar refractivity (Wildman–Crippen MR) is 79.6 cm³/mol. The van der Waals surface area contributed by atoms with Gasteiger partial charge in [0.15, 0.2) is 5.78 Å². The maximum Gasteiger partial charge on any atom is 0.159 e. The second-order valence-corrected chi connectivity index (χ2v) is 4.88. The van der Waals surface area contributed by atoms with E-state index in [1.165, 1.54) is 5.56 Å². The quantitative estimate of drug-likeness (QED) is 0.761. The maximum absolute atomic E-state index is 11.2. The molecule has 2 aromatic rings. The molecular formula is C18H17NO. The van der Waals surface area contributed by atoms with Gasteiger partial charge in [0.1, 0.15) is 0 Å². The molecule has 0 aromatic heterocycles. The normalized spacial score (nSPS) is 11.6. The lowest BCUT2D eigenvalue weighted by Gasteiger charge is -2.10. The van der Waals surface area contributed by atoms with E-state index in [1.807, 2.05) is 30.3 Å². The zero-order chi connectivity index (χ0) is 14.4. The fraction of sp³-hybridized carbons (Fsp3) is 0.222. The van der Waals surface area contributed by atoms with E-state index < -0.39 is 0 Å². The summed E-state index contributed by atoms with van der Waals surface area (Å²) in [6.45, 7) is 1.55. The van der Waals surface area contributed by atoms with Crippen molar-refractivity contribution in [2.24, 2.45) is 0 Å². The Kier molecular flexibility index (Phi) is 4.68. The molecule has 2 nitrogen and oxygen atoms in total. The molecule has 0 saturated heterocycles. The molecule has 0 N–H and O–H groups in total. The van der Waals surface area contributed by atoms with E-state index in [0.717, 1.165) is 18.4 Å². The molecule has 100 valence electrons. The first-order chi connectivity index (χ1) is 9.70. The molecule has 0 saturated carbocycles. The average Bonchev–Trinajstić information content (AvgIpc) is 2.49. The number of carbonyl (C=O) groups is 1. The van der Waals surface area contributed by atoms with Crippen molar-refractivity contribution in [1.82, 2.24) is 0 Å². The first-order valence-corrected chi connectivity index (χ1v) is 6.75. The zero-order valence-corrected chi connectivity index (χ0v) is 11.5. The largest absolute Gasteiger partial charge is 0.295 e. The number of benzene rings is 2. The Morgan fingerprint density at radius 2 is 1.75 bits per heavy atom. The molecule has 0 heterocycles. The van der Waals surface area contributed by atoms with Crippen molar-refractivity contribution >= 4 is 5.78 Å². The van der Waals surface area contributed by atoms with Gasteiger partial charge in [0.2, 0.25) is 0 Å². The molecule has 0 aliphatic carbocycles. The molecule has 0 fully saturated rings. The van der Waals surface area contributed by atoms with Gasteiger partial charge in [-0.15, -0.1) is 0 Å². The minimum absolute atomic E-state index is 0.0503. The summed E-state index contributed by atoms with van der Waals surface area (Å²) in [5.74, 6) is -0.0782. The highest BCUT2D eigenvalue weighted by Gasteiger charge is 2.11. The van der Waals surface area contributed by atoms with Crippen LogP contribution in [0.4, 0.5) is 0 Å². The molecule has 0 amide bonds. The number of nitrogens with zero attached hydrogens (tertiary/aromatic N) is 1.